The maximum absolute atomic E-state index is 9.33. The first-order chi connectivity index (χ1) is 13.1. The molecule has 4 nitrogen and oxygen atoms in total. The topological polar surface area (TPSA) is 78.5 Å². The van der Waals surface area contributed by atoms with Crippen molar-refractivity contribution in [3.05, 3.63) is 83.6 Å². The van der Waals surface area contributed by atoms with Gasteiger partial charge in [-0.1, -0.05) is 12.1 Å². The molecule has 0 saturated carbocycles. The van der Waals surface area contributed by atoms with Crippen molar-refractivity contribution in [2.75, 3.05) is 5.73 Å². The molecule has 0 radical (unpaired) electrons. The average Bonchev–Trinajstić information content (AvgIpc) is 3.08. The van der Waals surface area contributed by atoms with Gasteiger partial charge in [0, 0.05) is 28.5 Å². The van der Waals surface area contributed by atoms with Gasteiger partial charge in [0.25, 0.3) is 0 Å². The minimum absolute atomic E-state index is 0.614. The molecule has 0 spiro atoms. The minimum Gasteiger partial charge on any atom is -0.398 e. The number of nitrogen functional groups attached to an aromatic ring is 1. The molecule has 4 aromatic rings. The molecule has 0 fully saturated rings. The summed E-state index contributed by atoms with van der Waals surface area (Å²) in [5.41, 5.74) is 13.1. The van der Waals surface area contributed by atoms with Gasteiger partial charge in [0.1, 0.15) is 0 Å². The number of nitrogens with two attached hydrogens (primary N) is 1. The lowest BCUT2D eigenvalue weighted by Gasteiger charge is -2.07. The molecule has 27 heavy (non-hydrogen) atoms. The molecular formula is C23H16N4. The van der Waals surface area contributed by atoms with E-state index in [1.54, 1.807) is 12.1 Å². The summed E-state index contributed by atoms with van der Waals surface area (Å²) in [7, 11) is 0. The summed E-state index contributed by atoms with van der Waals surface area (Å²) >= 11 is 0. The van der Waals surface area contributed by atoms with E-state index < -0.39 is 0 Å². The van der Waals surface area contributed by atoms with Crippen LogP contribution in [0.1, 0.15) is 16.7 Å². The van der Waals surface area contributed by atoms with Gasteiger partial charge >= 0.3 is 0 Å². The monoisotopic (exact) mass is 348 g/mol. The molecule has 0 atom stereocenters. The molecule has 0 aliphatic carbocycles. The Bertz CT molecular complexity index is 1250. The number of fused-ring (bicyclic) bond motifs is 1. The third-order valence-electron chi connectivity index (χ3n) is 4.87. The van der Waals surface area contributed by atoms with Gasteiger partial charge in [-0.05, 0) is 66.6 Å². The van der Waals surface area contributed by atoms with Crippen LogP contribution in [0, 0.1) is 29.6 Å². The predicted molar refractivity (Wildman–Crippen MR) is 107 cm³/mol. The van der Waals surface area contributed by atoms with Crippen molar-refractivity contribution in [1.29, 1.82) is 10.5 Å². The van der Waals surface area contributed by atoms with E-state index in [0.29, 0.717) is 11.1 Å². The molecule has 0 amide bonds. The van der Waals surface area contributed by atoms with Gasteiger partial charge in [-0.3, -0.25) is 0 Å². The van der Waals surface area contributed by atoms with Crippen molar-refractivity contribution < 1.29 is 0 Å². The molecule has 4 rings (SSSR count). The highest BCUT2D eigenvalue weighted by molar-refractivity contribution is 5.99. The highest BCUT2D eigenvalue weighted by atomic mass is 15.0. The predicted octanol–water partition coefficient (Wildman–Crippen LogP) is 4.93. The molecule has 0 aliphatic rings. The zero-order valence-corrected chi connectivity index (χ0v) is 14.8. The average molecular weight is 348 g/mol. The lowest BCUT2D eigenvalue weighted by molar-refractivity contribution is 1.13. The first kappa shape index (κ1) is 16.4. The molecule has 1 heterocycles. The third kappa shape index (κ3) is 2.70. The summed E-state index contributed by atoms with van der Waals surface area (Å²) in [6.07, 6.45) is 2.06. The van der Waals surface area contributed by atoms with Crippen LogP contribution in [0.25, 0.3) is 27.7 Å². The molecule has 128 valence electrons. The van der Waals surface area contributed by atoms with Crippen molar-refractivity contribution in [3.63, 3.8) is 0 Å². The molecule has 4 heteroatoms. The van der Waals surface area contributed by atoms with Crippen molar-refractivity contribution in [1.82, 2.24) is 4.57 Å². The summed E-state index contributed by atoms with van der Waals surface area (Å²) < 4.78 is 2.08. The second-order valence-corrected chi connectivity index (χ2v) is 6.43. The van der Waals surface area contributed by atoms with E-state index in [1.165, 1.54) is 0 Å². The largest absolute Gasteiger partial charge is 0.398 e. The van der Waals surface area contributed by atoms with E-state index in [1.807, 2.05) is 55.5 Å². The molecule has 1 aromatic heterocycles. The zero-order chi connectivity index (χ0) is 19.0. The summed E-state index contributed by atoms with van der Waals surface area (Å²) in [6.45, 7) is 2.00. The molecule has 0 aliphatic heterocycles. The normalized spacial score (nSPS) is 10.5. The molecular weight excluding hydrogens is 332 g/mol. The third-order valence-corrected chi connectivity index (χ3v) is 4.87. The fourth-order valence-corrected chi connectivity index (χ4v) is 3.37. The summed E-state index contributed by atoms with van der Waals surface area (Å²) in [4.78, 5) is 0. The number of anilines is 1. The number of nitrogens with zero attached hydrogens (tertiary/aromatic N) is 3. The molecule has 2 N–H and O–H groups in total. The highest BCUT2D eigenvalue weighted by Crippen LogP contribution is 2.36. The number of hydrogen-bond donors (Lipinski definition) is 1. The van der Waals surface area contributed by atoms with Crippen LogP contribution in [0.3, 0.4) is 0 Å². The lowest BCUT2D eigenvalue weighted by atomic mass is 9.98. The number of rotatable bonds is 2. The van der Waals surface area contributed by atoms with Gasteiger partial charge in [-0.2, -0.15) is 10.5 Å². The lowest BCUT2D eigenvalue weighted by Crippen LogP contribution is -1.92. The van der Waals surface area contributed by atoms with Gasteiger partial charge in [0.05, 0.1) is 28.8 Å². The molecule has 0 bridgehead atoms. The van der Waals surface area contributed by atoms with Crippen LogP contribution in [0.5, 0.6) is 0 Å². The Labute approximate surface area is 157 Å². The fourth-order valence-electron chi connectivity index (χ4n) is 3.37. The number of aromatic nitrogens is 1. The summed E-state index contributed by atoms with van der Waals surface area (Å²) in [6, 6.07) is 23.4. The molecule has 0 saturated heterocycles. The second-order valence-electron chi connectivity index (χ2n) is 6.43. The Kier molecular flexibility index (Phi) is 3.88. The Morgan fingerprint density at radius 1 is 0.852 bits per heavy atom. The van der Waals surface area contributed by atoms with Gasteiger partial charge in [0.2, 0.25) is 0 Å². The van der Waals surface area contributed by atoms with Crippen molar-refractivity contribution in [3.8, 4) is 29.0 Å². The van der Waals surface area contributed by atoms with E-state index in [9.17, 15) is 5.26 Å². The maximum Gasteiger partial charge on any atom is 0.0991 e. The van der Waals surface area contributed by atoms with Gasteiger partial charge in [-0.25, -0.2) is 0 Å². The zero-order valence-electron chi connectivity index (χ0n) is 14.8. The Balaban J connectivity index is 2.03. The van der Waals surface area contributed by atoms with Crippen molar-refractivity contribution in [2.24, 2.45) is 0 Å². The Morgan fingerprint density at radius 2 is 1.56 bits per heavy atom. The first-order valence-corrected chi connectivity index (χ1v) is 8.53. The van der Waals surface area contributed by atoms with Crippen LogP contribution in [-0.2, 0) is 0 Å². The summed E-state index contributed by atoms with van der Waals surface area (Å²) in [5, 5.41) is 19.4. The van der Waals surface area contributed by atoms with E-state index >= 15 is 0 Å². The maximum atomic E-state index is 9.33. The smallest absolute Gasteiger partial charge is 0.0991 e. The van der Waals surface area contributed by atoms with Crippen molar-refractivity contribution in [2.45, 2.75) is 6.92 Å². The van der Waals surface area contributed by atoms with E-state index in [2.05, 4.69) is 22.9 Å². The second kappa shape index (κ2) is 6.37. The van der Waals surface area contributed by atoms with Crippen LogP contribution in [0.2, 0.25) is 0 Å². The Morgan fingerprint density at radius 3 is 2.26 bits per heavy atom. The highest BCUT2D eigenvalue weighted by Gasteiger charge is 2.15. The van der Waals surface area contributed by atoms with Crippen molar-refractivity contribution >= 4 is 16.6 Å². The first-order valence-electron chi connectivity index (χ1n) is 8.53. The standard InChI is InChI=1S/C23H16N4/c1-15-19(3-2-4-22(15)26)21-14-27(18-8-5-16(12-24)6-9-18)23-10-7-17(13-25)11-20(21)23/h2-11,14H,26H2,1H3. The molecule has 0 unspecified atom stereocenters. The van der Waals surface area contributed by atoms with Gasteiger partial charge in [0.15, 0.2) is 0 Å². The number of hydrogen-bond acceptors (Lipinski definition) is 3. The van der Waals surface area contributed by atoms with Crippen LogP contribution < -0.4 is 5.73 Å². The quantitative estimate of drug-likeness (QED) is 0.522. The van der Waals surface area contributed by atoms with Crippen LogP contribution in [0.15, 0.2) is 66.9 Å². The summed E-state index contributed by atoms with van der Waals surface area (Å²) in [5.74, 6) is 0. The molecule has 3 aromatic carbocycles. The van der Waals surface area contributed by atoms with E-state index in [-0.39, 0.29) is 0 Å². The number of benzene rings is 3. The number of nitriles is 2. The van der Waals surface area contributed by atoms with Crippen LogP contribution in [0.4, 0.5) is 5.69 Å². The Hall–Kier alpha value is -4.02. The van der Waals surface area contributed by atoms with E-state index in [4.69, 9.17) is 11.0 Å². The SMILES string of the molecule is Cc1c(N)cccc1-c1cn(-c2ccc(C#N)cc2)c2ccc(C#N)cc12. The van der Waals surface area contributed by atoms with E-state index in [0.717, 1.165) is 39.0 Å². The minimum atomic E-state index is 0.614. The van der Waals surface area contributed by atoms with Gasteiger partial charge in [-0.15, -0.1) is 0 Å². The van der Waals surface area contributed by atoms with Gasteiger partial charge < -0.3 is 10.3 Å². The fraction of sp³-hybridized carbons (Fsp3) is 0.0435. The van der Waals surface area contributed by atoms with Crippen LogP contribution in [-0.4, -0.2) is 4.57 Å². The van der Waals surface area contributed by atoms with Crippen LogP contribution >= 0.6 is 0 Å².